The Kier molecular flexibility index (Phi) is 11.3. The summed E-state index contributed by atoms with van der Waals surface area (Å²) in [7, 11) is 2.44. The lowest BCUT2D eigenvalue weighted by molar-refractivity contribution is -0.142. The zero-order valence-corrected chi connectivity index (χ0v) is 37.4. The van der Waals surface area contributed by atoms with Crippen molar-refractivity contribution in [1.29, 1.82) is 0 Å². The highest BCUT2D eigenvalue weighted by atomic mass is 79.9. The number of hydrogen-bond donors (Lipinski definition) is 2. The fourth-order valence-electron chi connectivity index (χ4n) is 9.29. The summed E-state index contributed by atoms with van der Waals surface area (Å²) < 4.78 is 87.8. The van der Waals surface area contributed by atoms with E-state index >= 15 is 9.59 Å². The van der Waals surface area contributed by atoms with E-state index in [0.717, 1.165) is 18.1 Å². The summed E-state index contributed by atoms with van der Waals surface area (Å²) >= 11 is 25.8. The van der Waals surface area contributed by atoms with E-state index in [4.69, 9.17) is 39.5 Å². The average Bonchev–Trinajstić information content (AvgIpc) is 3.60. The minimum absolute atomic E-state index is 0.0721. The van der Waals surface area contributed by atoms with Gasteiger partial charge in [-0.2, -0.15) is 36.4 Å². The molecule has 23 heteroatoms. The van der Waals surface area contributed by atoms with Gasteiger partial charge < -0.3 is 9.84 Å². The van der Waals surface area contributed by atoms with Crippen molar-refractivity contribution in [2.24, 2.45) is 23.7 Å². The number of anilines is 2. The van der Waals surface area contributed by atoms with Crippen LogP contribution >= 0.6 is 66.7 Å². The molecule has 4 heterocycles. The van der Waals surface area contributed by atoms with E-state index in [2.05, 4.69) is 47.3 Å². The highest BCUT2D eigenvalue weighted by Gasteiger charge is 2.71. The molecule has 0 radical (unpaired) electrons. The second-order valence-electron chi connectivity index (χ2n) is 15.1. The second-order valence-corrected chi connectivity index (χ2v) is 17.9. The van der Waals surface area contributed by atoms with Gasteiger partial charge in [0, 0.05) is 28.7 Å². The normalized spacial score (nSPS) is 24.6. The first-order valence-electron chi connectivity index (χ1n) is 18.5. The van der Waals surface area contributed by atoms with E-state index < -0.39 is 98.9 Å². The Morgan fingerprint density at radius 2 is 1.59 bits per heavy atom. The molecular weight excluding hydrogens is 1040 g/mol. The molecule has 2 aromatic carbocycles. The van der Waals surface area contributed by atoms with Crippen LogP contribution in [0.25, 0.3) is 0 Å². The molecule has 330 valence electrons. The average molecular weight is 1070 g/mol. The van der Waals surface area contributed by atoms with Crippen LogP contribution in [0.15, 0.2) is 75.3 Å². The van der Waals surface area contributed by atoms with Crippen LogP contribution in [0.1, 0.15) is 41.1 Å². The SMILES string of the molecule is COc1cc([C@H]2C3=CC[C@@H]4C(=O)N(N(C)c5nc(C(F)(F)F)ccc5Cl)C(=O)[C@@H]4[C@@H]3C[C@H]3C(=O)N(Nc4ncc(C(F)(F)F)cc4Cl)C(=O)[C@@]23c2ccc(Cl)cc2)c(Br)c(Br)c1O. The number of rotatable bonds is 7. The number of carbonyl (C=O) groups is 4. The van der Waals surface area contributed by atoms with Gasteiger partial charge in [0.15, 0.2) is 23.1 Å². The van der Waals surface area contributed by atoms with Gasteiger partial charge >= 0.3 is 12.4 Å². The first-order valence-corrected chi connectivity index (χ1v) is 21.2. The molecule has 0 bridgehead atoms. The lowest BCUT2D eigenvalue weighted by atomic mass is 9.49. The van der Waals surface area contributed by atoms with E-state index in [1.165, 1.54) is 37.4 Å². The number of hydrogen-bond acceptors (Lipinski definition) is 10. The van der Waals surface area contributed by atoms with Gasteiger partial charge in [-0.15, -0.1) is 0 Å². The first kappa shape index (κ1) is 45.0. The van der Waals surface area contributed by atoms with E-state index in [9.17, 15) is 41.0 Å². The number of phenols is 1. The van der Waals surface area contributed by atoms with Crippen molar-refractivity contribution in [3.63, 3.8) is 0 Å². The lowest BCUT2D eigenvalue weighted by Crippen LogP contribution is -2.53. The van der Waals surface area contributed by atoms with Gasteiger partial charge in [-0.05, 0) is 98.1 Å². The summed E-state index contributed by atoms with van der Waals surface area (Å²) in [4.78, 5) is 67.0. The number of fused-ring (bicyclic) bond motifs is 4. The van der Waals surface area contributed by atoms with Gasteiger partial charge in [0.2, 0.25) is 0 Å². The third-order valence-electron chi connectivity index (χ3n) is 12.0. The van der Waals surface area contributed by atoms with E-state index in [1.54, 1.807) is 6.08 Å². The number of imide groups is 2. The molecule has 63 heavy (non-hydrogen) atoms. The Balaban J connectivity index is 1.32. The number of aromatic nitrogens is 2. The third kappa shape index (κ3) is 7.01. The number of aromatic hydroxyl groups is 1. The molecule has 2 N–H and O–H groups in total. The second kappa shape index (κ2) is 15.8. The quantitative estimate of drug-likeness (QED) is 0.104. The molecule has 4 aliphatic rings. The fraction of sp³-hybridized carbons (Fsp3) is 0.300. The highest BCUT2D eigenvalue weighted by molar-refractivity contribution is 9.13. The van der Waals surface area contributed by atoms with Crippen molar-refractivity contribution >= 4 is 102 Å². The maximum absolute atomic E-state index is 15.5. The summed E-state index contributed by atoms with van der Waals surface area (Å²) in [6.07, 6.45) is -7.98. The molecule has 6 atom stereocenters. The van der Waals surface area contributed by atoms with Crippen molar-refractivity contribution in [1.82, 2.24) is 20.0 Å². The number of methoxy groups -OCH3 is 1. The summed E-state index contributed by atoms with van der Waals surface area (Å²) in [6, 6.07) is 9.61. The molecular formula is C40H27Br2Cl3F6N6O6. The number of amides is 4. The molecule has 12 nitrogen and oxygen atoms in total. The van der Waals surface area contributed by atoms with E-state index in [1.807, 2.05) is 0 Å². The number of nitrogens with zero attached hydrogens (tertiary/aromatic N) is 5. The minimum atomic E-state index is -4.90. The minimum Gasteiger partial charge on any atom is -0.503 e. The molecule has 4 amide bonds. The van der Waals surface area contributed by atoms with Crippen LogP contribution in [0.3, 0.4) is 0 Å². The van der Waals surface area contributed by atoms with Crippen LogP contribution in [-0.4, -0.2) is 62.9 Å². The summed E-state index contributed by atoms with van der Waals surface area (Å²) in [5.74, 6) is -11.0. The van der Waals surface area contributed by atoms with Crippen LogP contribution in [-0.2, 0) is 36.9 Å². The van der Waals surface area contributed by atoms with Gasteiger partial charge in [-0.25, -0.2) is 9.97 Å². The zero-order chi connectivity index (χ0) is 45.8. The van der Waals surface area contributed by atoms with Gasteiger partial charge in [0.25, 0.3) is 23.6 Å². The number of ether oxygens (including phenoxy) is 1. The van der Waals surface area contributed by atoms with Crippen molar-refractivity contribution in [2.75, 3.05) is 24.6 Å². The molecule has 4 aromatic rings. The Hall–Kier alpha value is -4.63. The summed E-state index contributed by atoms with van der Waals surface area (Å²) in [6.45, 7) is 0. The molecule has 2 aromatic heterocycles. The summed E-state index contributed by atoms with van der Waals surface area (Å²) in [5, 5.41) is 12.5. The Bertz CT molecular complexity index is 2680. The Morgan fingerprint density at radius 1 is 0.905 bits per heavy atom. The molecule has 0 unspecified atom stereocenters. The lowest BCUT2D eigenvalue weighted by Gasteiger charge is -2.51. The third-order valence-corrected chi connectivity index (χ3v) is 15.0. The number of nitrogens with one attached hydrogen (secondary N) is 1. The number of halogens is 11. The number of allylic oxidation sites excluding steroid dienone is 2. The van der Waals surface area contributed by atoms with Gasteiger partial charge in [-0.3, -0.25) is 29.6 Å². The van der Waals surface area contributed by atoms with Crippen molar-refractivity contribution in [3.8, 4) is 11.5 Å². The maximum Gasteiger partial charge on any atom is 0.433 e. The van der Waals surface area contributed by atoms with Crippen LogP contribution in [0.4, 0.5) is 38.0 Å². The van der Waals surface area contributed by atoms with Crippen LogP contribution in [0, 0.1) is 23.7 Å². The molecule has 2 saturated heterocycles. The van der Waals surface area contributed by atoms with Crippen LogP contribution in [0.2, 0.25) is 15.1 Å². The van der Waals surface area contributed by atoms with Crippen LogP contribution in [0.5, 0.6) is 11.5 Å². The van der Waals surface area contributed by atoms with Crippen molar-refractivity contribution in [2.45, 2.75) is 36.5 Å². The van der Waals surface area contributed by atoms with Crippen LogP contribution < -0.4 is 15.2 Å². The van der Waals surface area contributed by atoms with Gasteiger partial charge in [0.05, 0.1) is 50.4 Å². The number of alkyl halides is 6. The smallest absolute Gasteiger partial charge is 0.433 e. The number of benzene rings is 2. The Morgan fingerprint density at radius 3 is 2.21 bits per heavy atom. The molecule has 0 spiro atoms. The predicted octanol–water partition coefficient (Wildman–Crippen LogP) is 9.75. The molecule has 2 aliphatic heterocycles. The fourth-order valence-corrected chi connectivity index (χ4v) is 10.8. The number of pyridine rings is 2. The highest BCUT2D eigenvalue weighted by Crippen LogP contribution is 2.66. The van der Waals surface area contributed by atoms with E-state index in [-0.39, 0.29) is 54.5 Å². The predicted molar refractivity (Wildman–Crippen MR) is 221 cm³/mol. The molecule has 3 fully saturated rings. The van der Waals surface area contributed by atoms with Crippen molar-refractivity contribution in [3.05, 3.63) is 113 Å². The summed E-state index contributed by atoms with van der Waals surface area (Å²) in [5.41, 5.74) is -1.06. The largest absolute Gasteiger partial charge is 0.503 e. The molecule has 2 aliphatic carbocycles. The molecule has 8 rings (SSSR count). The maximum atomic E-state index is 15.5. The molecule has 1 saturated carbocycles. The van der Waals surface area contributed by atoms with Gasteiger partial charge in [-0.1, -0.05) is 58.6 Å². The topological polar surface area (TPSA) is 145 Å². The monoisotopic (exact) mass is 1060 g/mol. The standard InChI is InChI=1S/C40H27Br2Cl3F6N6O6/c1-55(33-23(44)9-10-26(53-33)40(49,50)51)57-34(59)19-8-7-18-20(27(19)36(57)61)12-22-35(60)56(54-32-24(45)11-16(14-52-32)39(46,47)48)37(62)38(22,15-3-5-17(43)6-4-15)28(18)21-13-25(63-2)31(58)30(42)29(21)41/h3-7,9-11,13-14,19-20,22,27-28,58H,8,12H2,1-2H3,(H,52,54)/t19-,20+,22-,27-,28+,38+/m0/s1. The van der Waals surface area contributed by atoms with E-state index in [0.29, 0.717) is 33.9 Å². The van der Waals surface area contributed by atoms with Crippen molar-refractivity contribution < 1.29 is 55.4 Å². The number of hydrazine groups is 2. The zero-order valence-electron chi connectivity index (χ0n) is 32.0. The Labute approximate surface area is 384 Å². The first-order chi connectivity index (χ1) is 29.5. The number of carbonyl (C=O) groups excluding carboxylic acids is 4. The van der Waals surface area contributed by atoms with Gasteiger partial charge in [0.1, 0.15) is 5.69 Å². The number of phenolic OH excluding ortho intramolecular Hbond substituents is 1.